The highest BCUT2D eigenvalue weighted by molar-refractivity contribution is 6.00. The van der Waals surface area contributed by atoms with Gasteiger partial charge >= 0.3 is 11.9 Å². The van der Waals surface area contributed by atoms with Crippen LogP contribution in [-0.2, 0) is 60.7 Å². The summed E-state index contributed by atoms with van der Waals surface area (Å²) in [5.41, 5.74) is 1.94. The summed E-state index contributed by atoms with van der Waals surface area (Å²) in [4.78, 5) is 123. The molecule has 1 saturated heterocycles. The third-order valence-corrected chi connectivity index (χ3v) is 13.1. The Balaban J connectivity index is 2.15. The normalized spacial score (nSPS) is 25.4. The number of benzene rings is 2. The van der Waals surface area contributed by atoms with Crippen molar-refractivity contribution in [1.82, 2.24) is 26.2 Å². The molecule has 0 radical (unpaired) electrons. The highest BCUT2D eigenvalue weighted by Crippen LogP contribution is 2.26. The quantitative estimate of drug-likeness (QED) is 0.106. The number of carboxylic acids is 2. The summed E-state index contributed by atoms with van der Waals surface area (Å²) >= 11 is 0. The summed E-state index contributed by atoms with van der Waals surface area (Å²) in [6.45, 7) is 15.2. The number of aromatic hydroxyl groups is 1. The number of phenols is 1. The van der Waals surface area contributed by atoms with Crippen LogP contribution in [0.2, 0.25) is 0 Å². The molecule has 18 heteroatoms. The van der Waals surface area contributed by atoms with Gasteiger partial charge in [0.15, 0.2) is 5.78 Å². The first-order valence-electron chi connectivity index (χ1n) is 24.2. The molecule has 1 fully saturated rings. The van der Waals surface area contributed by atoms with Crippen LogP contribution in [0.1, 0.15) is 91.7 Å². The maximum Gasteiger partial charge on any atom is 0.326 e. The molecule has 2 aromatic rings. The fourth-order valence-corrected chi connectivity index (χ4v) is 8.30. The van der Waals surface area contributed by atoms with E-state index in [0.29, 0.717) is 12.0 Å². The minimum atomic E-state index is -1.61. The number of ketones is 2. The fourth-order valence-electron chi connectivity index (χ4n) is 8.30. The highest BCUT2D eigenvalue weighted by atomic mass is 16.5. The Hall–Kier alpha value is -6.95. The Morgan fingerprint density at radius 2 is 1.44 bits per heavy atom. The van der Waals surface area contributed by atoms with Gasteiger partial charge in [0.1, 0.15) is 29.3 Å². The van der Waals surface area contributed by atoms with Crippen molar-refractivity contribution in [3.05, 3.63) is 102 Å². The van der Waals surface area contributed by atoms with Crippen LogP contribution in [0.5, 0.6) is 5.75 Å². The van der Waals surface area contributed by atoms with E-state index >= 15 is 0 Å². The summed E-state index contributed by atoms with van der Waals surface area (Å²) in [7, 11) is 2.85. The van der Waals surface area contributed by atoms with Crippen molar-refractivity contribution in [3.63, 3.8) is 0 Å². The molecule has 0 spiro atoms. The van der Waals surface area contributed by atoms with Crippen LogP contribution in [0.3, 0.4) is 0 Å². The molecular weight excluding hydrogens is 927 g/mol. The molecule has 1 aliphatic heterocycles. The number of hydrogen-bond donors (Lipinski definition) is 7. The Labute approximate surface area is 422 Å². The van der Waals surface area contributed by atoms with E-state index in [1.54, 1.807) is 45.2 Å². The lowest BCUT2D eigenvalue weighted by atomic mass is 9.80. The molecule has 0 aliphatic carbocycles. The van der Waals surface area contributed by atoms with Crippen molar-refractivity contribution < 1.29 is 63.2 Å². The van der Waals surface area contributed by atoms with E-state index in [1.807, 2.05) is 50.3 Å². The number of amides is 5. The molecule has 5 amide bonds. The van der Waals surface area contributed by atoms with E-state index in [4.69, 9.17) is 4.74 Å². The third-order valence-electron chi connectivity index (χ3n) is 13.1. The highest BCUT2D eigenvalue weighted by Gasteiger charge is 2.38. The van der Waals surface area contributed by atoms with Crippen molar-refractivity contribution in [2.75, 3.05) is 14.2 Å². The molecule has 0 bridgehead atoms. The summed E-state index contributed by atoms with van der Waals surface area (Å²) in [5, 5.41) is 41.0. The standard InChI is InChI=1S/C54H73N5O13/c1-30(2)24-44-46(62)29-41(53(68)69)33(5)45(61)28-39(26-38-17-19-40(60)20-18-38)52(67)56-42(21-16-31(3)25-32(4)47(72-10)27-37-14-12-11-13-15-37)34(6)49(64)57-43(54(70)71)22-23-48(63)59(9)36(8)51(66)55-35(7)50(65)58-44/h11-21,25,30,32-35,39,41-44,47,60H,8,22-24,26-29H2,1-7,9-10H3,(H,55,66)(H,56,67)(H,57,64)(H,58,65)(H,68,69)(H,70,71)/b21-16+,31-25+/t32-,33-,34-,35+,39+,41+,42-,43+,44?,47-/m0/s1. The molecule has 7 N–H and O–H groups in total. The number of hydrogen-bond acceptors (Lipinski definition) is 11. The molecule has 72 heavy (non-hydrogen) atoms. The number of nitrogens with zero attached hydrogens (tertiary/aromatic N) is 1. The van der Waals surface area contributed by atoms with Gasteiger partial charge in [0.25, 0.3) is 5.91 Å². The van der Waals surface area contributed by atoms with Crippen LogP contribution >= 0.6 is 0 Å². The van der Waals surface area contributed by atoms with Crippen LogP contribution in [0.15, 0.2) is 90.7 Å². The second kappa shape index (κ2) is 28.2. The average molecular weight is 1000 g/mol. The van der Waals surface area contributed by atoms with Gasteiger partial charge in [-0.25, -0.2) is 4.79 Å². The molecule has 10 atom stereocenters. The largest absolute Gasteiger partial charge is 0.508 e. The molecule has 392 valence electrons. The minimum absolute atomic E-state index is 0.0570. The van der Waals surface area contributed by atoms with Crippen molar-refractivity contribution >= 4 is 53.0 Å². The second-order valence-corrected chi connectivity index (χ2v) is 19.3. The van der Waals surface area contributed by atoms with E-state index in [9.17, 15) is 58.5 Å². The minimum Gasteiger partial charge on any atom is -0.508 e. The van der Waals surface area contributed by atoms with Gasteiger partial charge < -0.3 is 46.2 Å². The predicted octanol–water partition coefficient (Wildman–Crippen LogP) is 4.69. The van der Waals surface area contributed by atoms with Gasteiger partial charge in [0, 0.05) is 51.2 Å². The number of ether oxygens (including phenoxy) is 1. The van der Waals surface area contributed by atoms with E-state index in [-0.39, 0.29) is 36.5 Å². The second-order valence-electron chi connectivity index (χ2n) is 19.3. The lowest BCUT2D eigenvalue weighted by molar-refractivity contribution is -0.149. The number of methoxy groups -OCH3 is 1. The SMILES string of the molecule is C=C1C(=O)N[C@H](C)C(=O)NC(CC(C)C)C(=O)C[C@@H](C(=O)O)[C@H](C)C(=O)C[C@@H](Cc2ccc(O)cc2)C(=O)N[C@@H](/C=C/C(C)=C/[C@H](C)[C@H](Cc2ccccc2)OC)[C@H](C)C(=O)N[C@@H](C(=O)O)CCC(=O)N1C. The number of carbonyl (C=O) groups is 9. The van der Waals surface area contributed by atoms with Crippen molar-refractivity contribution in [3.8, 4) is 5.75 Å². The lowest BCUT2D eigenvalue weighted by Gasteiger charge is -2.27. The van der Waals surface area contributed by atoms with Crippen molar-refractivity contribution in [2.45, 2.75) is 124 Å². The van der Waals surface area contributed by atoms with Gasteiger partial charge in [-0.2, -0.15) is 0 Å². The van der Waals surface area contributed by atoms with E-state index < -0.39 is 132 Å². The van der Waals surface area contributed by atoms with Gasteiger partial charge in [-0.15, -0.1) is 0 Å². The Kier molecular flexibility index (Phi) is 23.2. The Morgan fingerprint density at radius 3 is 2.03 bits per heavy atom. The average Bonchev–Trinajstić information content (AvgIpc) is 3.33. The van der Waals surface area contributed by atoms with Gasteiger partial charge in [-0.3, -0.25) is 38.4 Å². The Morgan fingerprint density at radius 1 is 0.806 bits per heavy atom. The molecule has 1 aliphatic rings. The molecule has 1 unspecified atom stereocenters. The third kappa shape index (κ3) is 18.3. The van der Waals surface area contributed by atoms with Crippen molar-refractivity contribution in [1.29, 1.82) is 0 Å². The molecule has 18 nitrogen and oxygen atoms in total. The number of aliphatic carboxylic acids is 2. The number of nitrogens with one attached hydrogen (secondary N) is 4. The number of likely N-dealkylation sites (N-methyl/N-ethyl adjacent to an activating group) is 1. The van der Waals surface area contributed by atoms with E-state index in [0.717, 1.165) is 16.0 Å². The number of allylic oxidation sites excluding steroid dienone is 2. The molecule has 3 rings (SSSR count). The van der Waals surface area contributed by atoms with Crippen LogP contribution < -0.4 is 21.3 Å². The monoisotopic (exact) mass is 1000 g/mol. The Bertz CT molecular complexity index is 2330. The van der Waals surface area contributed by atoms with Crippen molar-refractivity contribution in [2.24, 2.45) is 35.5 Å². The molecule has 0 saturated carbocycles. The summed E-state index contributed by atoms with van der Waals surface area (Å²) < 4.78 is 5.83. The predicted molar refractivity (Wildman–Crippen MR) is 269 cm³/mol. The van der Waals surface area contributed by atoms with Crippen LogP contribution in [0.4, 0.5) is 0 Å². The molecular formula is C54H73N5O13. The number of carboxylic acid groups (broad SMARTS) is 2. The van der Waals surface area contributed by atoms with Gasteiger partial charge in [0.05, 0.1) is 30.0 Å². The van der Waals surface area contributed by atoms with Gasteiger partial charge in [-0.1, -0.05) is 107 Å². The summed E-state index contributed by atoms with van der Waals surface area (Å²) in [6, 6.07) is 10.4. The maximum absolute atomic E-state index is 14.6. The zero-order chi connectivity index (χ0) is 54.0. The van der Waals surface area contributed by atoms with E-state index in [1.165, 1.54) is 40.0 Å². The summed E-state index contributed by atoms with van der Waals surface area (Å²) in [6.07, 6.45) is 3.56. The molecule has 2 aromatic carbocycles. The number of rotatable bonds is 13. The zero-order valence-corrected chi connectivity index (χ0v) is 42.8. The van der Waals surface area contributed by atoms with Crippen LogP contribution in [-0.4, -0.2) is 118 Å². The van der Waals surface area contributed by atoms with Gasteiger partial charge in [-0.05, 0) is 68.7 Å². The molecule has 1 heterocycles. The fraction of sp³-hybridized carbons (Fsp3) is 0.500. The molecule has 0 aromatic heterocycles. The topological polar surface area (TPSA) is 275 Å². The number of phenolic OH excluding ortho intramolecular Hbond substituents is 1. The number of carbonyl (C=O) groups excluding carboxylic acids is 7. The zero-order valence-electron chi connectivity index (χ0n) is 42.8. The first-order chi connectivity index (χ1) is 33.8. The first kappa shape index (κ1) is 59.4. The van der Waals surface area contributed by atoms with Crippen LogP contribution in [0.25, 0.3) is 0 Å². The van der Waals surface area contributed by atoms with Gasteiger partial charge in [0.2, 0.25) is 23.6 Å². The summed E-state index contributed by atoms with van der Waals surface area (Å²) in [5.74, 6) is -13.9. The first-order valence-corrected chi connectivity index (χ1v) is 24.2. The van der Waals surface area contributed by atoms with Crippen LogP contribution in [0, 0.1) is 35.5 Å². The smallest absolute Gasteiger partial charge is 0.326 e. The lowest BCUT2D eigenvalue weighted by Crippen LogP contribution is -2.52. The maximum atomic E-state index is 14.6. The number of Topliss-reactive ketones (excluding diaryl/α,β-unsaturated/α-hetero) is 2. The van der Waals surface area contributed by atoms with E-state index in [2.05, 4.69) is 27.8 Å².